The molecule has 0 aliphatic heterocycles. The average Bonchev–Trinajstić information content (AvgIpc) is 2.61. The van der Waals surface area contributed by atoms with Crippen molar-refractivity contribution < 1.29 is 14.6 Å². The predicted molar refractivity (Wildman–Crippen MR) is 73.4 cm³/mol. The molecule has 0 saturated heterocycles. The molecule has 2 rings (SSSR count). The summed E-state index contributed by atoms with van der Waals surface area (Å²) in [7, 11) is 1.61. The van der Waals surface area contributed by atoms with Crippen LogP contribution in [0.4, 0.5) is 0 Å². The highest BCUT2D eigenvalue weighted by Gasteiger charge is 2.22. The Hall–Kier alpha value is -1.55. The molecule has 0 heterocycles. The maximum Gasteiger partial charge on any atom is 0.305 e. The lowest BCUT2D eigenvalue weighted by Gasteiger charge is -2.20. The van der Waals surface area contributed by atoms with E-state index < -0.39 is 12.0 Å². The monoisotopic (exact) mass is 263 g/mol. The maximum atomic E-state index is 10.9. The molecule has 4 nitrogen and oxygen atoms in total. The average molecular weight is 263 g/mol. The summed E-state index contributed by atoms with van der Waals surface area (Å²) in [4.78, 5) is 10.9. The number of benzene rings is 1. The molecule has 104 valence electrons. The molecule has 19 heavy (non-hydrogen) atoms. The summed E-state index contributed by atoms with van der Waals surface area (Å²) in [6.45, 7) is 0. The van der Waals surface area contributed by atoms with Crippen LogP contribution < -0.4 is 10.5 Å². The Morgan fingerprint density at radius 1 is 1.37 bits per heavy atom. The summed E-state index contributed by atoms with van der Waals surface area (Å²) < 4.78 is 5.38. The summed E-state index contributed by atoms with van der Waals surface area (Å²) >= 11 is 0. The van der Waals surface area contributed by atoms with Crippen LogP contribution in [-0.4, -0.2) is 18.2 Å². The van der Waals surface area contributed by atoms with Gasteiger partial charge >= 0.3 is 5.97 Å². The number of carboxylic acid groups (broad SMARTS) is 1. The van der Waals surface area contributed by atoms with Gasteiger partial charge in [0.05, 0.1) is 13.5 Å². The van der Waals surface area contributed by atoms with Crippen LogP contribution in [0.25, 0.3) is 0 Å². The first-order valence-electron chi connectivity index (χ1n) is 6.79. The van der Waals surface area contributed by atoms with Crippen LogP contribution in [0.2, 0.25) is 0 Å². The Morgan fingerprint density at radius 2 is 2.11 bits per heavy atom. The Bertz CT molecular complexity index is 471. The van der Waals surface area contributed by atoms with E-state index in [0.717, 1.165) is 30.6 Å². The number of ether oxygens (including phenoxy) is 1. The first-order valence-corrected chi connectivity index (χ1v) is 6.79. The van der Waals surface area contributed by atoms with Gasteiger partial charge < -0.3 is 15.6 Å². The molecule has 0 saturated carbocycles. The van der Waals surface area contributed by atoms with Crippen LogP contribution in [0.1, 0.15) is 48.4 Å². The van der Waals surface area contributed by atoms with Crippen molar-refractivity contribution in [2.24, 2.45) is 5.73 Å². The van der Waals surface area contributed by atoms with Gasteiger partial charge in [-0.05, 0) is 42.9 Å². The van der Waals surface area contributed by atoms with E-state index in [2.05, 4.69) is 6.07 Å². The Labute approximate surface area is 113 Å². The van der Waals surface area contributed by atoms with Gasteiger partial charge in [-0.3, -0.25) is 4.79 Å². The molecule has 1 aliphatic carbocycles. The van der Waals surface area contributed by atoms with E-state index in [4.69, 9.17) is 15.6 Å². The van der Waals surface area contributed by atoms with Gasteiger partial charge in [-0.2, -0.15) is 0 Å². The van der Waals surface area contributed by atoms with Crippen molar-refractivity contribution in [2.75, 3.05) is 7.11 Å². The zero-order valence-electron chi connectivity index (χ0n) is 11.3. The first-order chi connectivity index (χ1) is 9.13. The second-order valence-corrected chi connectivity index (χ2v) is 5.08. The van der Waals surface area contributed by atoms with Gasteiger partial charge in [-0.15, -0.1) is 0 Å². The second kappa shape index (κ2) is 6.06. The third kappa shape index (κ3) is 3.07. The fraction of sp³-hybridized carbons (Fsp3) is 0.533. The van der Waals surface area contributed by atoms with Crippen LogP contribution in [0.3, 0.4) is 0 Å². The van der Waals surface area contributed by atoms with Gasteiger partial charge in [0, 0.05) is 11.6 Å². The van der Waals surface area contributed by atoms with Crippen molar-refractivity contribution in [2.45, 2.75) is 44.6 Å². The molecule has 0 spiro atoms. The fourth-order valence-electron chi connectivity index (χ4n) is 2.89. The van der Waals surface area contributed by atoms with Crippen molar-refractivity contribution in [3.05, 3.63) is 28.8 Å². The number of carbonyl (C=O) groups is 1. The van der Waals surface area contributed by atoms with Crippen LogP contribution in [-0.2, 0) is 17.6 Å². The third-order valence-corrected chi connectivity index (χ3v) is 3.77. The third-order valence-electron chi connectivity index (χ3n) is 3.77. The minimum atomic E-state index is -0.874. The molecule has 1 aromatic rings. The maximum absolute atomic E-state index is 10.9. The van der Waals surface area contributed by atoms with E-state index in [1.807, 2.05) is 6.07 Å². The summed E-state index contributed by atoms with van der Waals surface area (Å²) in [6.07, 6.45) is 5.48. The van der Waals surface area contributed by atoms with Crippen molar-refractivity contribution in [3.63, 3.8) is 0 Å². The van der Waals surface area contributed by atoms with Gasteiger partial charge in [0.2, 0.25) is 0 Å². The molecule has 1 atom stereocenters. The van der Waals surface area contributed by atoms with E-state index in [1.165, 1.54) is 24.0 Å². The number of methoxy groups -OCH3 is 1. The summed E-state index contributed by atoms with van der Waals surface area (Å²) in [5.41, 5.74) is 9.49. The lowest BCUT2D eigenvalue weighted by atomic mass is 9.91. The smallest absolute Gasteiger partial charge is 0.305 e. The quantitative estimate of drug-likeness (QED) is 0.818. The number of rotatable bonds is 4. The molecule has 0 fully saturated rings. The lowest BCUT2D eigenvalue weighted by molar-refractivity contribution is -0.137. The number of fused-ring (bicyclic) bond motifs is 1. The van der Waals surface area contributed by atoms with E-state index in [1.54, 1.807) is 7.11 Å². The number of hydrogen-bond donors (Lipinski definition) is 2. The van der Waals surface area contributed by atoms with Crippen molar-refractivity contribution in [3.8, 4) is 5.75 Å². The molecule has 0 bridgehead atoms. The number of aryl methyl sites for hydroxylation is 1. The zero-order chi connectivity index (χ0) is 13.8. The topological polar surface area (TPSA) is 72.5 Å². The van der Waals surface area contributed by atoms with Gasteiger partial charge in [0.25, 0.3) is 0 Å². The Balaban J connectivity index is 2.45. The summed E-state index contributed by atoms with van der Waals surface area (Å²) in [6, 6.07) is 3.51. The number of hydrogen-bond acceptors (Lipinski definition) is 3. The highest BCUT2D eigenvalue weighted by molar-refractivity contribution is 5.68. The Kier molecular flexibility index (Phi) is 4.43. The molecule has 0 aromatic heterocycles. The molecular weight excluding hydrogens is 242 g/mol. The first kappa shape index (κ1) is 13.9. The molecule has 4 heteroatoms. The van der Waals surface area contributed by atoms with Gasteiger partial charge in [-0.1, -0.05) is 12.5 Å². The summed E-state index contributed by atoms with van der Waals surface area (Å²) in [5, 5.41) is 8.95. The predicted octanol–water partition coefficient (Wildman–Crippen LogP) is 2.44. The number of carboxylic acids is 1. The Morgan fingerprint density at radius 3 is 2.79 bits per heavy atom. The van der Waals surface area contributed by atoms with Crippen molar-refractivity contribution >= 4 is 5.97 Å². The number of nitrogens with two attached hydrogens (primary N) is 1. The van der Waals surface area contributed by atoms with Gasteiger partial charge in [0.15, 0.2) is 0 Å². The molecule has 3 N–H and O–H groups in total. The van der Waals surface area contributed by atoms with Crippen LogP contribution in [0, 0.1) is 0 Å². The van der Waals surface area contributed by atoms with Crippen LogP contribution >= 0.6 is 0 Å². The molecular formula is C15H21NO3. The van der Waals surface area contributed by atoms with Gasteiger partial charge in [0.1, 0.15) is 5.75 Å². The van der Waals surface area contributed by atoms with Crippen molar-refractivity contribution in [1.29, 1.82) is 0 Å². The van der Waals surface area contributed by atoms with E-state index in [0.29, 0.717) is 0 Å². The van der Waals surface area contributed by atoms with Gasteiger partial charge in [-0.25, -0.2) is 0 Å². The van der Waals surface area contributed by atoms with Crippen molar-refractivity contribution in [1.82, 2.24) is 0 Å². The normalized spacial score (nSPS) is 16.3. The SMILES string of the molecule is COc1ccc2c(c1C(N)CC(=O)O)CCCCC2. The second-order valence-electron chi connectivity index (χ2n) is 5.08. The highest BCUT2D eigenvalue weighted by Crippen LogP contribution is 2.35. The number of aliphatic carboxylic acids is 1. The molecule has 0 amide bonds. The van der Waals surface area contributed by atoms with E-state index in [9.17, 15) is 4.79 Å². The fourth-order valence-corrected chi connectivity index (χ4v) is 2.89. The molecule has 0 radical (unpaired) electrons. The molecule has 1 aliphatic rings. The largest absolute Gasteiger partial charge is 0.496 e. The van der Waals surface area contributed by atoms with E-state index in [-0.39, 0.29) is 6.42 Å². The molecule has 1 aromatic carbocycles. The lowest BCUT2D eigenvalue weighted by Crippen LogP contribution is -2.18. The van der Waals surface area contributed by atoms with E-state index >= 15 is 0 Å². The summed E-state index contributed by atoms with van der Waals surface area (Å²) in [5.74, 6) is -0.157. The molecule has 1 unspecified atom stereocenters. The van der Waals surface area contributed by atoms with Crippen LogP contribution in [0.15, 0.2) is 12.1 Å². The highest BCUT2D eigenvalue weighted by atomic mass is 16.5. The standard InChI is InChI=1S/C15H21NO3/c1-19-13-8-7-10-5-3-2-4-6-11(10)15(13)12(16)9-14(17)18/h7-8,12H,2-6,9,16H2,1H3,(H,17,18). The minimum Gasteiger partial charge on any atom is -0.496 e. The van der Waals surface area contributed by atoms with Crippen LogP contribution in [0.5, 0.6) is 5.75 Å². The zero-order valence-corrected chi connectivity index (χ0v) is 11.3. The minimum absolute atomic E-state index is 0.0627.